The van der Waals surface area contributed by atoms with E-state index in [2.05, 4.69) is 9.71 Å². The Morgan fingerprint density at radius 3 is 2.40 bits per heavy atom. The van der Waals surface area contributed by atoms with Crippen molar-refractivity contribution in [2.45, 2.75) is 44.7 Å². The first kappa shape index (κ1) is 28.4. The summed E-state index contributed by atoms with van der Waals surface area (Å²) in [4.78, 5) is 17.1. The summed E-state index contributed by atoms with van der Waals surface area (Å²) in [6.45, 7) is 7.01. The quantitative estimate of drug-likeness (QED) is 0.449. The maximum absolute atomic E-state index is 14.3. The SMILES string of the molecule is COC(=O)c1cc(-c2ccc(S(=O)(=O)NC(C)(C)C)cc2)c2nc(C)n(CC(F)=CCN)c2c1.Cl. The Labute approximate surface area is 210 Å². The van der Waals surface area contributed by atoms with Gasteiger partial charge in [0.15, 0.2) is 0 Å². The number of carbonyl (C=O) groups is 1. The fraction of sp³-hybridized carbons (Fsp3) is 0.333. The van der Waals surface area contributed by atoms with E-state index in [1.807, 2.05) is 0 Å². The Bertz CT molecular complexity index is 1360. The lowest BCUT2D eigenvalue weighted by molar-refractivity contribution is 0.0601. The fourth-order valence-electron chi connectivity index (χ4n) is 3.61. The molecule has 3 rings (SSSR count). The summed E-state index contributed by atoms with van der Waals surface area (Å²) in [7, 11) is -2.43. The van der Waals surface area contributed by atoms with E-state index in [1.165, 1.54) is 25.3 Å². The molecule has 0 radical (unpaired) electrons. The van der Waals surface area contributed by atoms with Crippen LogP contribution in [0.1, 0.15) is 37.0 Å². The number of rotatable bonds is 7. The molecule has 1 aromatic heterocycles. The topological polar surface area (TPSA) is 116 Å². The van der Waals surface area contributed by atoms with Crippen LogP contribution in [-0.4, -0.2) is 43.1 Å². The smallest absolute Gasteiger partial charge is 0.337 e. The van der Waals surface area contributed by atoms with Crippen molar-refractivity contribution in [2.75, 3.05) is 13.7 Å². The second-order valence-electron chi connectivity index (χ2n) is 8.89. The van der Waals surface area contributed by atoms with Gasteiger partial charge in [0, 0.05) is 17.6 Å². The van der Waals surface area contributed by atoms with Gasteiger partial charge >= 0.3 is 5.97 Å². The Morgan fingerprint density at radius 1 is 1.23 bits per heavy atom. The van der Waals surface area contributed by atoms with Gasteiger partial charge in [0.2, 0.25) is 10.0 Å². The number of allylic oxidation sites excluding steroid dienone is 1. The van der Waals surface area contributed by atoms with Gasteiger partial charge < -0.3 is 15.0 Å². The standard InChI is InChI=1S/C24H29FN4O4S.ClH/c1-15-27-22-20(16-6-8-19(9-7-16)34(31,32)28-24(2,3)4)12-17(23(30)33-5)13-21(22)29(15)14-18(25)10-11-26;/h6-10,12-13,28H,11,14,26H2,1-5H3;1H. The summed E-state index contributed by atoms with van der Waals surface area (Å²) >= 11 is 0. The average molecular weight is 525 g/mol. The molecule has 2 aromatic carbocycles. The van der Waals surface area contributed by atoms with Crippen LogP contribution in [-0.2, 0) is 21.3 Å². The van der Waals surface area contributed by atoms with E-state index >= 15 is 0 Å². The second-order valence-corrected chi connectivity index (χ2v) is 10.6. The highest BCUT2D eigenvalue weighted by atomic mass is 35.5. The zero-order valence-electron chi connectivity index (χ0n) is 20.3. The summed E-state index contributed by atoms with van der Waals surface area (Å²) < 4.78 is 48.8. The van der Waals surface area contributed by atoms with Crippen LogP contribution in [0.3, 0.4) is 0 Å². The minimum atomic E-state index is -3.71. The van der Waals surface area contributed by atoms with Gasteiger partial charge in [-0.05, 0) is 63.6 Å². The number of halogens is 2. The number of hydrogen-bond donors (Lipinski definition) is 2. The van der Waals surface area contributed by atoms with Gasteiger partial charge in [-0.25, -0.2) is 27.3 Å². The molecule has 0 aliphatic heterocycles. The van der Waals surface area contributed by atoms with Crippen molar-refractivity contribution in [3.63, 3.8) is 0 Å². The summed E-state index contributed by atoms with van der Waals surface area (Å²) in [6, 6.07) is 9.52. The monoisotopic (exact) mass is 524 g/mol. The predicted molar refractivity (Wildman–Crippen MR) is 137 cm³/mol. The molecule has 0 fully saturated rings. The lowest BCUT2D eigenvalue weighted by Crippen LogP contribution is -2.40. The lowest BCUT2D eigenvalue weighted by Gasteiger charge is -2.20. The number of esters is 1. The van der Waals surface area contributed by atoms with Gasteiger partial charge in [0.05, 0.1) is 35.1 Å². The Balaban J connectivity index is 0.00000432. The number of carbonyl (C=O) groups excluding carboxylic acids is 1. The molecule has 0 aliphatic carbocycles. The van der Waals surface area contributed by atoms with Crippen LogP contribution in [0.15, 0.2) is 53.2 Å². The van der Waals surface area contributed by atoms with Gasteiger partial charge in [0.1, 0.15) is 11.7 Å². The number of aryl methyl sites for hydroxylation is 1. The normalized spacial score (nSPS) is 12.5. The molecule has 8 nitrogen and oxygen atoms in total. The van der Waals surface area contributed by atoms with Crippen molar-refractivity contribution in [3.8, 4) is 11.1 Å². The van der Waals surface area contributed by atoms with Gasteiger partial charge in [-0.3, -0.25) is 0 Å². The van der Waals surface area contributed by atoms with Crippen molar-refractivity contribution in [3.05, 3.63) is 59.7 Å². The summed E-state index contributed by atoms with van der Waals surface area (Å²) in [5.74, 6) is -0.427. The molecule has 190 valence electrons. The molecule has 0 amide bonds. The summed E-state index contributed by atoms with van der Waals surface area (Å²) in [6.07, 6.45) is 1.28. The van der Waals surface area contributed by atoms with Crippen molar-refractivity contribution in [1.82, 2.24) is 14.3 Å². The molecule has 3 aromatic rings. The first-order valence-corrected chi connectivity index (χ1v) is 12.1. The number of nitrogens with zero attached hydrogens (tertiary/aromatic N) is 2. The summed E-state index contributed by atoms with van der Waals surface area (Å²) in [5.41, 5.74) is 7.39. The van der Waals surface area contributed by atoms with Crippen LogP contribution in [0.25, 0.3) is 22.2 Å². The van der Waals surface area contributed by atoms with Crippen molar-refractivity contribution >= 4 is 39.4 Å². The molecule has 3 N–H and O–H groups in total. The Kier molecular flexibility index (Phi) is 8.83. The van der Waals surface area contributed by atoms with Crippen LogP contribution in [0.2, 0.25) is 0 Å². The molecule has 0 spiro atoms. The lowest BCUT2D eigenvalue weighted by atomic mass is 10.0. The number of fused-ring (bicyclic) bond motifs is 1. The highest BCUT2D eigenvalue weighted by Gasteiger charge is 2.23. The molecule has 0 saturated heterocycles. The van der Waals surface area contributed by atoms with Gasteiger partial charge in [-0.1, -0.05) is 12.1 Å². The van der Waals surface area contributed by atoms with E-state index in [4.69, 9.17) is 10.5 Å². The van der Waals surface area contributed by atoms with Crippen LogP contribution in [0.4, 0.5) is 4.39 Å². The average Bonchev–Trinajstić information content (AvgIpc) is 3.06. The molecular weight excluding hydrogens is 495 g/mol. The van der Waals surface area contributed by atoms with Crippen molar-refractivity contribution in [1.29, 1.82) is 0 Å². The van der Waals surface area contributed by atoms with Crippen LogP contribution in [0.5, 0.6) is 0 Å². The van der Waals surface area contributed by atoms with Crippen molar-refractivity contribution in [2.24, 2.45) is 5.73 Å². The molecule has 0 aliphatic rings. The van der Waals surface area contributed by atoms with Gasteiger partial charge in [-0.15, -0.1) is 12.4 Å². The summed E-state index contributed by atoms with van der Waals surface area (Å²) in [5, 5.41) is 0. The highest BCUT2D eigenvalue weighted by Crippen LogP contribution is 2.32. The number of benzene rings is 2. The molecule has 35 heavy (non-hydrogen) atoms. The largest absolute Gasteiger partial charge is 0.465 e. The molecule has 0 unspecified atom stereocenters. The number of imidazole rings is 1. The minimum Gasteiger partial charge on any atom is -0.465 e. The molecule has 1 heterocycles. The maximum Gasteiger partial charge on any atom is 0.337 e. The Morgan fingerprint density at radius 2 is 1.86 bits per heavy atom. The maximum atomic E-state index is 14.3. The first-order valence-electron chi connectivity index (χ1n) is 10.6. The number of methoxy groups -OCH3 is 1. The first-order chi connectivity index (χ1) is 15.9. The fourth-order valence-corrected chi connectivity index (χ4v) is 5.03. The van der Waals surface area contributed by atoms with Crippen LogP contribution >= 0.6 is 12.4 Å². The third kappa shape index (κ3) is 6.46. The molecule has 0 atom stereocenters. The minimum absolute atomic E-state index is 0. The van der Waals surface area contributed by atoms with E-state index in [-0.39, 0.29) is 36.0 Å². The van der Waals surface area contributed by atoms with Crippen LogP contribution < -0.4 is 10.5 Å². The molecule has 0 saturated carbocycles. The van der Waals surface area contributed by atoms with Gasteiger partial charge in [0.25, 0.3) is 0 Å². The van der Waals surface area contributed by atoms with Gasteiger partial charge in [-0.2, -0.15) is 0 Å². The zero-order chi connectivity index (χ0) is 25.3. The molecule has 0 bridgehead atoms. The molecular formula is C24H30ClFN4O4S. The number of nitrogens with one attached hydrogen (secondary N) is 1. The predicted octanol–water partition coefficient (Wildman–Crippen LogP) is 4.11. The van der Waals surface area contributed by atoms with E-state index in [0.29, 0.717) is 28.0 Å². The Hall–Kier alpha value is -2.79. The van der Waals surface area contributed by atoms with E-state index in [1.54, 1.807) is 56.5 Å². The van der Waals surface area contributed by atoms with E-state index in [9.17, 15) is 17.6 Å². The third-order valence-electron chi connectivity index (χ3n) is 5.03. The van der Waals surface area contributed by atoms with Crippen LogP contribution in [0, 0.1) is 6.92 Å². The van der Waals surface area contributed by atoms with Crippen molar-refractivity contribution < 1.29 is 22.3 Å². The second kappa shape index (κ2) is 10.9. The number of ether oxygens (including phenoxy) is 1. The molecule has 11 heteroatoms. The zero-order valence-corrected chi connectivity index (χ0v) is 21.9. The number of nitrogens with two attached hydrogens (primary N) is 1. The number of aromatic nitrogens is 2. The van der Waals surface area contributed by atoms with E-state index < -0.39 is 27.4 Å². The van der Waals surface area contributed by atoms with E-state index in [0.717, 1.165) is 0 Å². The highest BCUT2D eigenvalue weighted by molar-refractivity contribution is 7.89. The number of sulfonamides is 1. The number of hydrogen-bond acceptors (Lipinski definition) is 6. The third-order valence-corrected chi connectivity index (χ3v) is 6.80.